The van der Waals surface area contributed by atoms with E-state index in [1.807, 2.05) is 23.2 Å². The van der Waals surface area contributed by atoms with Crippen molar-refractivity contribution >= 4 is 46.1 Å². The van der Waals surface area contributed by atoms with Crippen LogP contribution in [0.1, 0.15) is 22.3 Å². The van der Waals surface area contributed by atoms with E-state index >= 15 is 0 Å². The van der Waals surface area contributed by atoms with Crippen LogP contribution in [0.15, 0.2) is 116 Å². The third-order valence-corrected chi connectivity index (χ3v) is 6.77. The van der Waals surface area contributed by atoms with Crippen LogP contribution in [0.5, 0.6) is 0 Å². The zero-order valence-corrected chi connectivity index (χ0v) is 21.1. The molecule has 3 aromatic heterocycles. The number of aromatic nitrogens is 3. The van der Waals surface area contributed by atoms with Crippen molar-refractivity contribution in [3.05, 3.63) is 138 Å². The highest BCUT2D eigenvalue weighted by Crippen LogP contribution is 2.34. The van der Waals surface area contributed by atoms with E-state index in [4.69, 9.17) is 0 Å². The van der Waals surface area contributed by atoms with Crippen LogP contribution < -0.4 is 9.13 Å². The minimum absolute atomic E-state index is 1.17. The molecule has 0 bridgehead atoms. The lowest BCUT2D eigenvalue weighted by molar-refractivity contribution is -0.671. The van der Waals surface area contributed by atoms with E-state index in [2.05, 4.69) is 145 Å². The van der Waals surface area contributed by atoms with Crippen LogP contribution in [0.4, 0.5) is 0 Å². The molecule has 37 heavy (non-hydrogen) atoms. The second kappa shape index (κ2) is 9.71. The predicted octanol–water partition coefficient (Wildman–Crippen LogP) is 6.77. The van der Waals surface area contributed by atoms with Gasteiger partial charge >= 0.3 is 0 Å². The number of pyridine rings is 2. The van der Waals surface area contributed by atoms with Crippen LogP contribution in [0.2, 0.25) is 0 Å². The standard InChI is InChI=1S/C34H29N3/c1-35-20-16-26(17-21-35)8-10-28-12-14-33-31(24-28)32-25-29(11-9-27-18-22-36(2)23-19-27)13-15-34(32)37(33)30-6-4-3-5-7-30/h3-25H,1-2H3/q+2. The quantitative estimate of drug-likeness (QED) is 0.242. The predicted molar refractivity (Wildman–Crippen MR) is 154 cm³/mol. The second-order valence-corrected chi connectivity index (χ2v) is 9.48. The Morgan fingerprint density at radius 3 is 1.38 bits per heavy atom. The van der Waals surface area contributed by atoms with Crippen molar-refractivity contribution in [3.8, 4) is 5.69 Å². The van der Waals surface area contributed by atoms with Gasteiger partial charge in [0, 0.05) is 40.7 Å². The summed E-state index contributed by atoms with van der Waals surface area (Å²) in [6.07, 6.45) is 17.0. The summed E-state index contributed by atoms with van der Waals surface area (Å²) in [6.45, 7) is 0. The number of hydrogen-bond donors (Lipinski definition) is 0. The maximum Gasteiger partial charge on any atom is 0.169 e. The smallest absolute Gasteiger partial charge is 0.169 e. The number of aryl methyl sites for hydroxylation is 2. The highest BCUT2D eigenvalue weighted by Gasteiger charge is 2.13. The fraction of sp³-hybridized carbons (Fsp3) is 0.0588. The molecule has 0 unspecified atom stereocenters. The highest BCUT2D eigenvalue weighted by molar-refractivity contribution is 6.10. The van der Waals surface area contributed by atoms with Gasteiger partial charge in [0.05, 0.1) is 11.0 Å². The molecule has 178 valence electrons. The molecule has 0 fully saturated rings. The maximum atomic E-state index is 2.36. The zero-order valence-electron chi connectivity index (χ0n) is 21.1. The van der Waals surface area contributed by atoms with Crippen molar-refractivity contribution in [2.45, 2.75) is 0 Å². The molecule has 0 atom stereocenters. The molecule has 3 nitrogen and oxygen atoms in total. The summed E-state index contributed by atoms with van der Waals surface area (Å²) in [6, 6.07) is 32.6. The molecule has 0 saturated carbocycles. The molecule has 0 aliphatic rings. The normalized spacial score (nSPS) is 11.8. The van der Waals surface area contributed by atoms with Crippen LogP contribution in [0, 0.1) is 0 Å². The summed E-state index contributed by atoms with van der Waals surface area (Å²) in [5.74, 6) is 0. The Morgan fingerprint density at radius 2 is 0.919 bits per heavy atom. The fourth-order valence-corrected chi connectivity index (χ4v) is 4.75. The van der Waals surface area contributed by atoms with Crippen molar-refractivity contribution in [2.75, 3.05) is 0 Å². The van der Waals surface area contributed by atoms with Gasteiger partial charge in [-0.2, -0.15) is 0 Å². The van der Waals surface area contributed by atoms with Crippen LogP contribution in [0.3, 0.4) is 0 Å². The first-order valence-electron chi connectivity index (χ1n) is 12.5. The number of para-hydroxylation sites is 1. The monoisotopic (exact) mass is 479 g/mol. The number of nitrogens with zero attached hydrogens (tertiary/aromatic N) is 3. The van der Waals surface area contributed by atoms with Gasteiger partial charge in [-0.15, -0.1) is 0 Å². The van der Waals surface area contributed by atoms with Gasteiger partial charge in [0.25, 0.3) is 0 Å². The molecular weight excluding hydrogens is 450 g/mol. The molecule has 0 amide bonds. The van der Waals surface area contributed by atoms with Crippen molar-refractivity contribution in [1.29, 1.82) is 0 Å². The molecule has 0 radical (unpaired) electrons. The van der Waals surface area contributed by atoms with Gasteiger partial charge in [0.2, 0.25) is 0 Å². The van der Waals surface area contributed by atoms with E-state index in [0.717, 1.165) is 0 Å². The Kier molecular flexibility index (Phi) is 5.95. The van der Waals surface area contributed by atoms with Crippen molar-refractivity contribution in [2.24, 2.45) is 14.1 Å². The van der Waals surface area contributed by atoms with E-state index in [-0.39, 0.29) is 0 Å². The van der Waals surface area contributed by atoms with Gasteiger partial charge in [-0.05, 0) is 58.7 Å². The summed E-state index contributed by atoms with van der Waals surface area (Å²) >= 11 is 0. The summed E-state index contributed by atoms with van der Waals surface area (Å²) in [5.41, 5.74) is 8.34. The van der Waals surface area contributed by atoms with Gasteiger partial charge < -0.3 is 4.57 Å². The first-order chi connectivity index (χ1) is 18.1. The molecule has 3 heterocycles. The molecule has 0 spiro atoms. The van der Waals surface area contributed by atoms with Crippen LogP contribution in [-0.2, 0) is 14.1 Å². The van der Waals surface area contributed by atoms with Gasteiger partial charge in [0.1, 0.15) is 14.1 Å². The van der Waals surface area contributed by atoms with E-state index in [9.17, 15) is 0 Å². The van der Waals surface area contributed by atoms with Gasteiger partial charge in [-0.3, -0.25) is 0 Å². The topological polar surface area (TPSA) is 12.7 Å². The largest absolute Gasteiger partial charge is 0.309 e. The molecule has 0 N–H and O–H groups in total. The summed E-state index contributed by atoms with van der Waals surface area (Å²) in [7, 11) is 4.07. The molecule has 0 aliphatic heterocycles. The number of fused-ring (bicyclic) bond motifs is 3. The van der Waals surface area contributed by atoms with Gasteiger partial charge in [-0.25, -0.2) is 9.13 Å². The molecule has 6 aromatic rings. The van der Waals surface area contributed by atoms with Crippen molar-refractivity contribution in [3.63, 3.8) is 0 Å². The molecular formula is C34H29N3+2. The lowest BCUT2D eigenvalue weighted by Crippen LogP contribution is -2.25. The molecule has 3 aromatic carbocycles. The summed E-state index contributed by atoms with van der Waals surface area (Å²) in [4.78, 5) is 0. The molecule has 0 saturated heterocycles. The average Bonchev–Trinajstić information content (AvgIpc) is 3.26. The average molecular weight is 480 g/mol. The molecule has 0 aliphatic carbocycles. The number of rotatable bonds is 5. The summed E-state index contributed by atoms with van der Waals surface area (Å²) in [5, 5.41) is 2.50. The third-order valence-electron chi connectivity index (χ3n) is 6.77. The van der Waals surface area contributed by atoms with E-state index in [1.54, 1.807) is 0 Å². The van der Waals surface area contributed by atoms with E-state index in [1.165, 1.54) is 49.7 Å². The first kappa shape index (κ1) is 22.7. The van der Waals surface area contributed by atoms with Crippen LogP contribution in [0.25, 0.3) is 51.8 Å². The second-order valence-electron chi connectivity index (χ2n) is 9.48. The van der Waals surface area contributed by atoms with E-state index < -0.39 is 0 Å². The summed E-state index contributed by atoms with van der Waals surface area (Å²) < 4.78 is 6.46. The van der Waals surface area contributed by atoms with Gasteiger partial charge in [0.15, 0.2) is 24.8 Å². The number of benzene rings is 3. The minimum atomic E-state index is 1.17. The highest BCUT2D eigenvalue weighted by atomic mass is 15.0. The van der Waals surface area contributed by atoms with Crippen LogP contribution in [-0.4, -0.2) is 4.57 Å². The Morgan fingerprint density at radius 1 is 0.486 bits per heavy atom. The Hall–Kier alpha value is -4.76. The van der Waals surface area contributed by atoms with Crippen molar-refractivity contribution < 1.29 is 9.13 Å². The maximum absolute atomic E-state index is 2.36. The zero-order chi connectivity index (χ0) is 25.2. The Labute approximate surface area is 217 Å². The van der Waals surface area contributed by atoms with Gasteiger partial charge in [-0.1, -0.05) is 54.6 Å². The van der Waals surface area contributed by atoms with E-state index in [0.29, 0.717) is 0 Å². The third kappa shape index (κ3) is 4.72. The first-order valence-corrected chi connectivity index (χ1v) is 12.5. The Bertz CT molecular complexity index is 1640. The number of hydrogen-bond acceptors (Lipinski definition) is 0. The minimum Gasteiger partial charge on any atom is -0.309 e. The van der Waals surface area contributed by atoms with Crippen molar-refractivity contribution in [1.82, 2.24) is 4.57 Å². The molecule has 3 heteroatoms. The molecule has 6 rings (SSSR count). The lowest BCUT2D eigenvalue weighted by Gasteiger charge is -2.07. The van der Waals surface area contributed by atoms with Crippen LogP contribution >= 0.6 is 0 Å². The fourth-order valence-electron chi connectivity index (χ4n) is 4.75. The SMILES string of the molecule is C[n+]1ccc(/C=C/c2ccc3c(c2)c2cc(/C=C/c4cc[n+](C)cc4)ccc2n3-c2ccccc2)cc1. The lowest BCUT2D eigenvalue weighted by atomic mass is 10.1. The Balaban J connectivity index is 1.47.